The molecule has 9 rings (SSSR count). The Balaban J connectivity index is 1.48. The average molecular weight is 602 g/mol. The van der Waals surface area contributed by atoms with Gasteiger partial charge in [-0.25, -0.2) is 0 Å². The topological polar surface area (TPSA) is 4.93 Å². The number of fused-ring (bicyclic) bond motifs is 11. The molecule has 0 atom stereocenters. The molecule has 0 spiro atoms. The summed E-state index contributed by atoms with van der Waals surface area (Å²) in [6, 6.07) is 51.5. The second kappa shape index (κ2) is 10.4. The molecule has 1 heteroatoms. The van der Waals surface area contributed by atoms with Gasteiger partial charge in [-0.15, -0.1) is 0 Å². The number of para-hydroxylation sites is 2. The van der Waals surface area contributed by atoms with E-state index in [2.05, 4.69) is 172 Å². The molecule has 7 aromatic carbocycles. The van der Waals surface area contributed by atoms with Crippen molar-refractivity contribution >= 4 is 21.8 Å². The van der Waals surface area contributed by atoms with Crippen molar-refractivity contribution in [3.05, 3.63) is 162 Å². The fraction of sp³-hybridized carbons (Fsp3) is 0.0870. The van der Waals surface area contributed by atoms with Gasteiger partial charge in [-0.1, -0.05) is 127 Å². The first kappa shape index (κ1) is 27.6. The first-order valence-electron chi connectivity index (χ1n) is 16.6. The van der Waals surface area contributed by atoms with Crippen LogP contribution in [0.25, 0.3) is 83.1 Å². The molecule has 47 heavy (non-hydrogen) atoms. The van der Waals surface area contributed by atoms with Gasteiger partial charge in [0.1, 0.15) is 0 Å². The maximum atomic E-state index is 2.53. The molecule has 0 saturated heterocycles. The molecule has 1 aliphatic rings. The third kappa shape index (κ3) is 3.90. The van der Waals surface area contributed by atoms with Crippen molar-refractivity contribution in [3.8, 4) is 61.3 Å². The lowest BCUT2D eigenvalue weighted by atomic mass is 9.77. The molecule has 1 aliphatic carbocycles. The third-order valence-corrected chi connectivity index (χ3v) is 10.7. The number of hydrogen-bond acceptors (Lipinski definition) is 0. The van der Waals surface area contributed by atoms with Crippen LogP contribution in [0.3, 0.4) is 0 Å². The Hall–Kier alpha value is -5.66. The van der Waals surface area contributed by atoms with Crippen LogP contribution in [0.1, 0.15) is 22.3 Å². The van der Waals surface area contributed by atoms with Crippen LogP contribution in [0, 0.1) is 27.7 Å². The SMILES string of the molecule is Cc1c(C)c(C)c(-n2c3ccccc3c3ccccc32)c(-c2cccc3c2-c2ccccc2-c2ccccc2-c2ccccc2-3)c1C. The van der Waals surface area contributed by atoms with E-state index in [0.29, 0.717) is 0 Å². The van der Waals surface area contributed by atoms with E-state index in [1.807, 2.05) is 0 Å². The van der Waals surface area contributed by atoms with Crippen LogP contribution in [0.4, 0.5) is 0 Å². The fourth-order valence-corrected chi connectivity index (χ4v) is 8.18. The summed E-state index contributed by atoms with van der Waals surface area (Å²) in [6.45, 7) is 9.22. The summed E-state index contributed by atoms with van der Waals surface area (Å²) in [4.78, 5) is 0. The highest BCUT2D eigenvalue weighted by Crippen LogP contribution is 2.52. The summed E-state index contributed by atoms with van der Waals surface area (Å²) < 4.78 is 2.53. The molecule has 8 aromatic rings. The van der Waals surface area contributed by atoms with Crippen LogP contribution >= 0.6 is 0 Å². The Bertz CT molecular complexity index is 2500. The van der Waals surface area contributed by atoms with Gasteiger partial charge >= 0.3 is 0 Å². The van der Waals surface area contributed by atoms with E-state index in [4.69, 9.17) is 0 Å². The van der Waals surface area contributed by atoms with E-state index >= 15 is 0 Å². The van der Waals surface area contributed by atoms with E-state index in [1.165, 1.54) is 105 Å². The van der Waals surface area contributed by atoms with Gasteiger partial charge in [0.15, 0.2) is 0 Å². The van der Waals surface area contributed by atoms with E-state index in [9.17, 15) is 0 Å². The van der Waals surface area contributed by atoms with Crippen molar-refractivity contribution in [1.29, 1.82) is 0 Å². The molecule has 1 aromatic heterocycles. The van der Waals surface area contributed by atoms with Crippen LogP contribution in [-0.4, -0.2) is 4.57 Å². The zero-order valence-corrected chi connectivity index (χ0v) is 27.2. The number of nitrogens with zero attached hydrogens (tertiary/aromatic N) is 1. The normalized spacial score (nSPS) is 11.8. The van der Waals surface area contributed by atoms with Crippen molar-refractivity contribution in [2.45, 2.75) is 27.7 Å². The Kier molecular flexibility index (Phi) is 6.14. The van der Waals surface area contributed by atoms with Gasteiger partial charge in [0.05, 0.1) is 16.7 Å². The van der Waals surface area contributed by atoms with Crippen LogP contribution in [0.15, 0.2) is 140 Å². The molecule has 0 aliphatic heterocycles. The number of aromatic nitrogens is 1. The predicted octanol–water partition coefficient (Wildman–Crippen LogP) is 12.7. The zero-order chi connectivity index (χ0) is 31.8. The fourth-order valence-electron chi connectivity index (χ4n) is 8.18. The minimum Gasteiger partial charge on any atom is -0.308 e. The Morgan fingerprint density at radius 1 is 0.298 bits per heavy atom. The van der Waals surface area contributed by atoms with Crippen molar-refractivity contribution < 1.29 is 0 Å². The quantitative estimate of drug-likeness (QED) is 0.186. The predicted molar refractivity (Wildman–Crippen MR) is 200 cm³/mol. The van der Waals surface area contributed by atoms with Gasteiger partial charge < -0.3 is 4.57 Å². The van der Waals surface area contributed by atoms with Crippen LogP contribution in [-0.2, 0) is 0 Å². The van der Waals surface area contributed by atoms with Gasteiger partial charge in [-0.2, -0.15) is 0 Å². The maximum Gasteiger partial charge on any atom is 0.0575 e. The summed E-state index contributed by atoms with van der Waals surface area (Å²) in [7, 11) is 0. The number of rotatable bonds is 2. The van der Waals surface area contributed by atoms with Crippen molar-refractivity contribution in [3.63, 3.8) is 0 Å². The molecule has 1 nitrogen and oxygen atoms in total. The lowest BCUT2D eigenvalue weighted by Gasteiger charge is -2.28. The maximum absolute atomic E-state index is 2.53. The molecule has 0 unspecified atom stereocenters. The molecule has 224 valence electrons. The molecule has 0 amide bonds. The van der Waals surface area contributed by atoms with E-state index in [-0.39, 0.29) is 0 Å². The Morgan fingerprint density at radius 2 is 0.681 bits per heavy atom. The van der Waals surface area contributed by atoms with Crippen molar-refractivity contribution in [2.24, 2.45) is 0 Å². The van der Waals surface area contributed by atoms with Crippen LogP contribution in [0.5, 0.6) is 0 Å². The molecule has 0 bridgehead atoms. The summed E-state index contributed by atoms with van der Waals surface area (Å²) in [5.74, 6) is 0. The monoisotopic (exact) mass is 601 g/mol. The first-order valence-corrected chi connectivity index (χ1v) is 16.6. The Morgan fingerprint density at radius 3 is 1.23 bits per heavy atom. The van der Waals surface area contributed by atoms with Crippen molar-refractivity contribution in [2.75, 3.05) is 0 Å². The first-order chi connectivity index (χ1) is 23.0. The second-order valence-electron chi connectivity index (χ2n) is 13.0. The molecule has 0 saturated carbocycles. The third-order valence-electron chi connectivity index (χ3n) is 10.7. The molecular formula is C46H35N. The summed E-state index contributed by atoms with van der Waals surface area (Å²) in [5.41, 5.74) is 21.8. The number of hydrogen-bond donors (Lipinski definition) is 0. The van der Waals surface area contributed by atoms with Gasteiger partial charge in [-0.3, -0.25) is 0 Å². The minimum absolute atomic E-state index is 1.24. The smallest absolute Gasteiger partial charge is 0.0575 e. The minimum atomic E-state index is 1.24. The van der Waals surface area contributed by atoms with Gasteiger partial charge in [-0.05, 0) is 112 Å². The van der Waals surface area contributed by atoms with E-state index < -0.39 is 0 Å². The highest BCUT2D eigenvalue weighted by Gasteiger charge is 2.28. The standard InChI is InChI=1S/C46H35N/c1-28-29(2)31(4)46(47-42-26-13-11-21-37(42)38-22-12-14-27-43(38)47)44(30(28)3)41-25-15-24-40-36-19-8-7-18-34(36)32-16-5-6-17-33(32)35-20-9-10-23-39(35)45(40)41/h5-27H,1-4H3. The lowest BCUT2D eigenvalue weighted by molar-refractivity contribution is 1.11. The molecule has 0 radical (unpaired) electrons. The van der Waals surface area contributed by atoms with E-state index in [1.54, 1.807) is 0 Å². The summed E-state index contributed by atoms with van der Waals surface area (Å²) in [6.07, 6.45) is 0. The zero-order valence-electron chi connectivity index (χ0n) is 27.2. The molecule has 0 N–H and O–H groups in total. The van der Waals surface area contributed by atoms with Gasteiger partial charge in [0, 0.05) is 16.3 Å². The van der Waals surface area contributed by atoms with Crippen molar-refractivity contribution in [1.82, 2.24) is 4.57 Å². The highest BCUT2D eigenvalue weighted by atomic mass is 15.0. The van der Waals surface area contributed by atoms with Gasteiger partial charge in [0.25, 0.3) is 0 Å². The largest absolute Gasteiger partial charge is 0.308 e. The average Bonchev–Trinajstić information content (AvgIpc) is 3.45. The highest BCUT2D eigenvalue weighted by molar-refractivity contribution is 6.12. The molecule has 1 heterocycles. The Labute approximate surface area is 276 Å². The van der Waals surface area contributed by atoms with Crippen LogP contribution < -0.4 is 0 Å². The summed E-state index contributed by atoms with van der Waals surface area (Å²) in [5, 5.41) is 2.56. The van der Waals surface area contributed by atoms with Crippen LogP contribution in [0.2, 0.25) is 0 Å². The van der Waals surface area contributed by atoms with Gasteiger partial charge in [0.2, 0.25) is 0 Å². The summed E-state index contributed by atoms with van der Waals surface area (Å²) >= 11 is 0. The molecular weight excluding hydrogens is 567 g/mol. The van der Waals surface area contributed by atoms with E-state index in [0.717, 1.165) is 0 Å². The second-order valence-corrected chi connectivity index (χ2v) is 13.0. The number of benzene rings is 7. The molecule has 0 fully saturated rings. The lowest BCUT2D eigenvalue weighted by Crippen LogP contribution is -2.07.